The standard InChI is InChI=1S/C51H46Cl2/c1-19-7-5-11-41(19)23-15-27-33-37-39-35-31-25-17-24-18-26-32-36-40-38-34-28(16-23)46(27,41)48(33,34)44(14-10-30(53)22(44)4)51(37,38)50(39,40)42(12-6-8-20(42)2)49(35,36)47(31,32)43(45(24,25)26)13-9-29(52)21(43)3/h5-14,23-28,31-40H,15-18H2,1-4H3. The topological polar surface area (TPSA) is 0 Å². The van der Waals surface area contributed by atoms with Gasteiger partial charge in [0.25, 0.3) is 0 Å². The fourth-order valence-corrected chi connectivity index (χ4v) is 31.6. The Morgan fingerprint density at radius 1 is 0.453 bits per heavy atom. The van der Waals surface area contributed by atoms with Gasteiger partial charge in [0.05, 0.1) is 0 Å². The zero-order chi connectivity index (χ0) is 34.1. The summed E-state index contributed by atoms with van der Waals surface area (Å²) in [5.74, 6) is 15.2. The maximum Gasteiger partial charge on any atom is 0.0401 e. The van der Waals surface area contributed by atoms with Crippen LogP contribution in [-0.4, -0.2) is 0 Å². The van der Waals surface area contributed by atoms with Gasteiger partial charge >= 0.3 is 0 Å². The Labute approximate surface area is 322 Å². The summed E-state index contributed by atoms with van der Waals surface area (Å²) in [4.78, 5) is 0. The van der Waals surface area contributed by atoms with E-state index in [1.807, 2.05) is 5.57 Å². The van der Waals surface area contributed by atoms with E-state index in [1.54, 1.807) is 29.6 Å². The van der Waals surface area contributed by atoms with E-state index in [0.717, 1.165) is 105 Å². The van der Waals surface area contributed by atoms with Gasteiger partial charge in [0.1, 0.15) is 0 Å². The molecule has 20 aliphatic rings. The molecule has 0 aromatic carbocycles. The Balaban J connectivity index is 0.956. The van der Waals surface area contributed by atoms with Gasteiger partial charge in [-0.15, -0.1) is 0 Å². The molecular formula is C51H46Cl2. The van der Waals surface area contributed by atoms with Crippen molar-refractivity contribution in [2.75, 3.05) is 0 Å². The van der Waals surface area contributed by atoms with E-state index in [9.17, 15) is 0 Å². The van der Waals surface area contributed by atoms with E-state index in [0.29, 0.717) is 43.3 Å². The van der Waals surface area contributed by atoms with Crippen LogP contribution in [0.5, 0.6) is 0 Å². The third kappa shape index (κ3) is 1.26. The minimum Gasteiger partial charge on any atom is -0.0844 e. The Morgan fingerprint density at radius 3 is 1.40 bits per heavy atom. The van der Waals surface area contributed by atoms with E-state index in [-0.39, 0.29) is 16.2 Å². The van der Waals surface area contributed by atoms with Crippen molar-refractivity contribution in [3.8, 4) is 0 Å². The van der Waals surface area contributed by atoms with Crippen LogP contribution in [0.2, 0.25) is 0 Å². The predicted octanol–water partition coefficient (Wildman–Crippen LogP) is 10.7. The van der Waals surface area contributed by atoms with Crippen molar-refractivity contribution in [3.05, 3.63) is 93.1 Å². The summed E-state index contributed by atoms with van der Waals surface area (Å²) in [5, 5.41) is 2.29. The lowest BCUT2D eigenvalue weighted by Crippen LogP contribution is -2.94. The van der Waals surface area contributed by atoms with Crippen molar-refractivity contribution in [2.45, 2.75) is 53.4 Å². The number of rotatable bonds is 0. The van der Waals surface area contributed by atoms with Crippen molar-refractivity contribution >= 4 is 23.2 Å². The minimum atomic E-state index is 0.173. The molecule has 20 rings (SSSR count). The van der Waals surface area contributed by atoms with Crippen LogP contribution in [0.4, 0.5) is 0 Å². The van der Waals surface area contributed by atoms with Crippen LogP contribution >= 0.6 is 23.2 Å². The highest BCUT2D eigenvalue weighted by Gasteiger charge is 3.25. The number of hydrogen-bond donors (Lipinski definition) is 0. The molecule has 0 saturated heterocycles. The molecule has 0 amide bonds. The van der Waals surface area contributed by atoms with E-state index in [4.69, 9.17) is 23.2 Å². The maximum absolute atomic E-state index is 7.62. The van der Waals surface area contributed by atoms with Crippen LogP contribution in [0.1, 0.15) is 53.4 Å². The fraction of sp³-hybridized carbons (Fsp3) is 0.686. The Morgan fingerprint density at radius 2 is 0.906 bits per heavy atom. The highest BCUT2D eigenvalue weighted by molar-refractivity contribution is 6.32. The van der Waals surface area contributed by atoms with Gasteiger partial charge in [-0.25, -0.2) is 0 Å². The van der Waals surface area contributed by atoms with Crippen LogP contribution in [0.15, 0.2) is 93.1 Å². The molecule has 2 heteroatoms. The third-order valence-corrected chi connectivity index (χ3v) is 29.0. The second-order valence-corrected chi connectivity index (χ2v) is 25.3. The molecule has 8 bridgehead atoms. The van der Waals surface area contributed by atoms with E-state index < -0.39 is 0 Å². The summed E-state index contributed by atoms with van der Waals surface area (Å²) in [6.07, 6.45) is 33.3. The van der Waals surface area contributed by atoms with Gasteiger partial charge in [-0.05, 0) is 209 Å². The summed E-state index contributed by atoms with van der Waals surface area (Å²) < 4.78 is 0. The molecule has 16 saturated carbocycles. The summed E-state index contributed by atoms with van der Waals surface area (Å²) in [6.45, 7) is 10.4. The van der Waals surface area contributed by atoms with Gasteiger partial charge in [-0.2, -0.15) is 0 Å². The predicted molar refractivity (Wildman–Crippen MR) is 202 cm³/mol. The second kappa shape index (κ2) is 5.93. The van der Waals surface area contributed by atoms with Crippen LogP contribution in [0, 0.1) is 154 Å². The van der Waals surface area contributed by atoms with Crippen LogP contribution < -0.4 is 0 Å². The average molecular weight is 730 g/mol. The van der Waals surface area contributed by atoms with E-state index in [2.05, 4.69) is 88.5 Å². The van der Waals surface area contributed by atoms with Gasteiger partial charge in [0, 0.05) is 31.7 Å². The molecule has 18 atom stereocenters. The van der Waals surface area contributed by atoms with Crippen LogP contribution in [0.25, 0.3) is 0 Å². The molecule has 11 spiro atoms. The Kier molecular flexibility index (Phi) is 2.95. The summed E-state index contributed by atoms with van der Waals surface area (Å²) >= 11 is 15.0. The molecule has 18 unspecified atom stereocenters. The molecule has 0 nitrogen and oxygen atoms in total. The Hall–Kier alpha value is -1.50. The number of hydrogen-bond acceptors (Lipinski definition) is 0. The summed E-state index contributed by atoms with van der Waals surface area (Å²) in [5.41, 5.74) is 11.1. The number of halogens is 2. The third-order valence-electron chi connectivity index (χ3n) is 28.2. The van der Waals surface area contributed by atoms with E-state index >= 15 is 0 Å². The monoisotopic (exact) mass is 728 g/mol. The number of fused-ring (bicyclic) bond motifs is 12. The highest BCUT2D eigenvalue weighted by atomic mass is 35.5. The van der Waals surface area contributed by atoms with Gasteiger partial charge < -0.3 is 0 Å². The van der Waals surface area contributed by atoms with Crippen LogP contribution in [-0.2, 0) is 0 Å². The minimum absolute atomic E-state index is 0.173. The first kappa shape index (κ1) is 26.4. The summed E-state index contributed by atoms with van der Waals surface area (Å²) in [7, 11) is 0. The molecule has 53 heavy (non-hydrogen) atoms. The smallest absolute Gasteiger partial charge is 0.0401 e. The van der Waals surface area contributed by atoms with Gasteiger partial charge in [0.15, 0.2) is 0 Å². The molecule has 0 radical (unpaired) electrons. The molecule has 0 N–H and O–H groups in total. The highest BCUT2D eigenvalue weighted by Crippen LogP contribution is 3.27. The molecule has 20 aliphatic carbocycles. The summed E-state index contributed by atoms with van der Waals surface area (Å²) in [6, 6.07) is 0. The largest absolute Gasteiger partial charge is 0.0844 e. The fourth-order valence-electron chi connectivity index (χ4n) is 31.2. The van der Waals surface area contributed by atoms with Crippen molar-refractivity contribution in [1.29, 1.82) is 0 Å². The first-order chi connectivity index (χ1) is 25.7. The van der Waals surface area contributed by atoms with Gasteiger partial charge in [0.2, 0.25) is 0 Å². The molecule has 16 fully saturated rings. The first-order valence-electron chi connectivity index (χ1n) is 22.6. The van der Waals surface area contributed by atoms with Gasteiger partial charge in [-0.1, -0.05) is 83.0 Å². The Bertz CT molecular complexity index is 2520. The lowest BCUT2D eigenvalue weighted by molar-refractivity contribution is -0.509. The molecule has 0 aliphatic heterocycles. The van der Waals surface area contributed by atoms with E-state index in [1.165, 1.54) is 12.8 Å². The normalized spacial score (nSPS) is 81.7. The zero-order valence-corrected chi connectivity index (χ0v) is 32.6. The second-order valence-electron chi connectivity index (χ2n) is 24.5. The first-order valence-corrected chi connectivity index (χ1v) is 23.3. The average Bonchev–Trinajstić information content (AvgIpc) is 4.00. The SMILES string of the molecule is CC1=CC=CC12C1CC3C4C5C6C7C8C9CC%10CC%11C%12C%13C%14C%15C%16C(C1)C32C4%16C1(C=CC(Cl)=C1C)C5%15C6%14C1(C=CC=C1C)C7%13C8%12C1(C=CC(Cl)=C1C)C%109%11. The lowest BCUT2D eigenvalue weighted by Gasteiger charge is -2.96. The lowest BCUT2D eigenvalue weighted by atomic mass is 9.07. The molecular weight excluding hydrogens is 683 g/mol. The maximum atomic E-state index is 7.62. The van der Waals surface area contributed by atoms with Crippen LogP contribution in [0.3, 0.4) is 0 Å². The van der Waals surface area contributed by atoms with Crippen molar-refractivity contribution in [1.82, 2.24) is 0 Å². The van der Waals surface area contributed by atoms with Crippen molar-refractivity contribution < 1.29 is 0 Å². The molecule has 0 aromatic rings. The zero-order valence-electron chi connectivity index (χ0n) is 31.1. The molecule has 264 valence electrons. The molecule has 0 heterocycles. The van der Waals surface area contributed by atoms with Gasteiger partial charge in [-0.3, -0.25) is 0 Å². The number of allylic oxidation sites excluding steroid dienone is 16. The van der Waals surface area contributed by atoms with Crippen molar-refractivity contribution in [2.24, 2.45) is 154 Å². The molecule has 0 aromatic heterocycles. The van der Waals surface area contributed by atoms with Crippen molar-refractivity contribution in [3.63, 3.8) is 0 Å². The quantitative estimate of drug-likeness (QED) is 0.233.